The normalized spacial score (nSPS) is 12.6. The largest absolute Gasteiger partial charge is 0.354 e. The van der Waals surface area contributed by atoms with E-state index in [0.29, 0.717) is 0 Å². The molecule has 6 heteroatoms. The second-order valence-electron chi connectivity index (χ2n) is 14.9. The third-order valence-electron chi connectivity index (χ3n) is 11.8. The molecule has 0 saturated carbocycles. The predicted octanol–water partition coefficient (Wildman–Crippen LogP) is 17.3. The van der Waals surface area contributed by atoms with Gasteiger partial charge in [-0.3, -0.25) is 0 Å². The van der Waals surface area contributed by atoms with E-state index in [1.807, 2.05) is 56.7 Å². The SMILES string of the molecule is c1ccc2c(c1)sc1c3ccc(-c4ccc5c(c4)[nH]c4c5ccc5c4ccc4c6ccc(-c7ccc8c(c7)sc7c9ccccc9sc87)cc6sc45)cc3sc21. The standard InChI is InChI=1S/C50H25NS5/c1-3-7-40-35(5-1)47-49(52-40)37-15-11-26(23-43(37)55-47)25-9-13-29-31-17-20-34-32(45(31)51-39(29)21-25)18-19-33-30-14-10-27(22-42(30)54-46(33)34)28-12-16-38-44(24-28)56-48-36-6-2-4-8-41(36)53-50(38)48/h1-24,51H. The highest BCUT2D eigenvalue weighted by Crippen LogP contribution is 2.48. The van der Waals surface area contributed by atoms with E-state index in [4.69, 9.17) is 0 Å². The molecule has 260 valence electrons. The summed E-state index contributed by atoms with van der Waals surface area (Å²) in [4.78, 5) is 3.88. The van der Waals surface area contributed by atoms with Gasteiger partial charge < -0.3 is 4.98 Å². The van der Waals surface area contributed by atoms with E-state index in [0.717, 1.165) is 0 Å². The lowest BCUT2D eigenvalue weighted by Gasteiger charge is -2.03. The highest BCUT2D eigenvalue weighted by molar-refractivity contribution is 7.37. The van der Waals surface area contributed by atoms with E-state index < -0.39 is 0 Å². The summed E-state index contributed by atoms with van der Waals surface area (Å²) < 4.78 is 13.8. The Hall–Kier alpha value is -5.60. The van der Waals surface area contributed by atoms with Crippen LogP contribution in [0.15, 0.2) is 146 Å². The maximum absolute atomic E-state index is 3.88. The van der Waals surface area contributed by atoms with Gasteiger partial charge in [0.05, 0.1) is 24.3 Å². The van der Waals surface area contributed by atoms with Gasteiger partial charge in [-0.25, -0.2) is 0 Å². The Morgan fingerprint density at radius 3 is 1.23 bits per heavy atom. The molecule has 0 unspecified atom stereocenters. The van der Waals surface area contributed by atoms with Crippen LogP contribution in [0.5, 0.6) is 0 Å². The van der Waals surface area contributed by atoms with E-state index in [2.05, 4.69) is 151 Å². The molecule has 0 spiro atoms. The monoisotopic (exact) mass is 799 g/mol. The summed E-state index contributed by atoms with van der Waals surface area (Å²) in [5.74, 6) is 0. The van der Waals surface area contributed by atoms with Crippen LogP contribution >= 0.6 is 56.7 Å². The van der Waals surface area contributed by atoms with Crippen molar-refractivity contribution in [1.29, 1.82) is 0 Å². The first kappa shape index (κ1) is 30.6. The van der Waals surface area contributed by atoms with Crippen LogP contribution in [0.1, 0.15) is 0 Å². The molecule has 1 nitrogen and oxygen atoms in total. The molecule has 0 aliphatic rings. The van der Waals surface area contributed by atoms with Crippen LogP contribution in [0.25, 0.3) is 134 Å². The highest BCUT2D eigenvalue weighted by Gasteiger charge is 2.17. The molecule has 56 heavy (non-hydrogen) atoms. The third-order valence-corrected chi connectivity index (χ3v) is 18.1. The Bertz CT molecular complexity index is 3750. The quantitative estimate of drug-likeness (QED) is 0.179. The molecule has 14 rings (SSSR count). The van der Waals surface area contributed by atoms with E-state index in [1.54, 1.807) is 0 Å². The number of aromatic nitrogens is 1. The Balaban J connectivity index is 0.862. The van der Waals surface area contributed by atoms with Gasteiger partial charge in [-0.05, 0) is 58.7 Å². The Kier molecular flexibility index (Phi) is 6.03. The van der Waals surface area contributed by atoms with Gasteiger partial charge in [-0.1, -0.05) is 109 Å². The molecule has 6 aromatic heterocycles. The lowest BCUT2D eigenvalue weighted by atomic mass is 10.00. The molecule has 1 N–H and O–H groups in total. The summed E-state index contributed by atoms with van der Waals surface area (Å²) in [5, 5.41) is 13.3. The third kappa shape index (κ3) is 4.12. The first-order valence-corrected chi connectivity index (χ1v) is 22.8. The molecule has 8 aromatic carbocycles. The fourth-order valence-corrected chi connectivity index (χ4v) is 15.8. The minimum atomic E-state index is 1.18. The van der Waals surface area contributed by atoms with Crippen molar-refractivity contribution in [3.05, 3.63) is 146 Å². The number of thiophene rings is 5. The van der Waals surface area contributed by atoms with Crippen molar-refractivity contribution in [2.45, 2.75) is 0 Å². The molecule has 0 aliphatic heterocycles. The van der Waals surface area contributed by atoms with E-state index in [9.17, 15) is 0 Å². The molecule has 0 saturated heterocycles. The van der Waals surface area contributed by atoms with Gasteiger partial charge in [0.25, 0.3) is 0 Å². The molecule has 0 fully saturated rings. The van der Waals surface area contributed by atoms with Crippen LogP contribution < -0.4 is 0 Å². The lowest BCUT2D eigenvalue weighted by molar-refractivity contribution is 1.56. The first-order chi connectivity index (χ1) is 27.7. The van der Waals surface area contributed by atoms with Crippen LogP contribution in [0, 0.1) is 0 Å². The van der Waals surface area contributed by atoms with Crippen molar-refractivity contribution in [2.24, 2.45) is 0 Å². The van der Waals surface area contributed by atoms with Crippen molar-refractivity contribution in [2.75, 3.05) is 0 Å². The predicted molar refractivity (Wildman–Crippen MR) is 254 cm³/mol. The van der Waals surface area contributed by atoms with Gasteiger partial charge in [-0.2, -0.15) is 0 Å². The Morgan fingerprint density at radius 2 is 0.643 bits per heavy atom. The summed E-state index contributed by atoms with van der Waals surface area (Å²) in [6.07, 6.45) is 0. The van der Waals surface area contributed by atoms with E-state index in [-0.39, 0.29) is 0 Å². The second-order valence-corrected chi connectivity index (χ2v) is 20.1. The summed E-state index contributed by atoms with van der Waals surface area (Å²) >= 11 is 9.60. The van der Waals surface area contributed by atoms with Gasteiger partial charge in [0.2, 0.25) is 0 Å². The van der Waals surface area contributed by atoms with E-state index >= 15 is 0 Å². The second kappa shape index (κ2) is 11.0. The molecule has 14 aromatic rings. The van der Waals surface area contributed by atoms with Crippen LogP contribution in [0.2, 0.25) is 0 Å². The lowest BCUT2D eigenvalue weighted by Crippen LogP contribution is -1.78. The van der Waals surface area contributed by atoms with Crippen LogP contribution in [0.4, 0.5) is 0 Å². The maximum atomic E-state index is 3.88. The van der Waals surface area contributed by atoms with Crippen molar-refractivity contribution >= 4 is 169 Å². The van der Waals surface area contributed by atoms with Gasteiger partial charge in [0.15, 0.2) is 0 Å². The molecule has 0 radical (unpaired) electrons. The summed E-state index contributed by atoms with van der Waals surface area (Å²) in [7, 11) is 0. The molecule has 0 atom stereocenters. The molecule has 6 heterocycles. The number of fused-ring (bicyclic) bond motifs is 19. The molecule has 0 aliphatic carbocycles. The van der Waals surface area contributed by atoms with Crippen molar-refractivity contribution in [3.63, 3.8) is 0 Å². The molecule has 0 bridgehead atoms. The summed E-state index contributed by atoms with van der Waals surface area (Å²) in [5.41, 5.74) is 7.45. The summed E-state index contributed by atoms with van der Waals surface area (Å²) in [6.45, 7) is 0. The zero-order chi connectivity index (χ0) is 36.2. The topological polar surface area (TPSA) is 15.8 Å². The number of aromatic amines is 1. The number of nitrogens with one attached hydrogen (secondary N) is 1. The highest BCUT2D eigenvalue weighted by atomic mass is 32.1. The van der Waals surface area contributed by atoms with Crippen molar-refractivity contribution in [1.82, 2.24) is 4.98 Å². The zero-order valence-corrected chi connectivity index (χ0v) is 33.5. The van der Waals surface area contributed by atoms with Gasteiger partial charge in [0.1, 0.15) is 0 Å². The van der Waals surface area contributed by atoms with Crippen LogP contribution in [0.3, 0.4) is 0 Å². The number of hydrogen-bond donors (Lipinski definition) is 1. The first-order valence-electron chi connectivity index (χ1n) is 18.7. The minimum absolute atomic E-state index is 1.18. The van der Waals surface area contributed by atoms with E-state index in [1.165, 1.54) is 134 Å². The van der Waals surface area contributed by atoms with Gasteiger partial charge >= 0.3 is 0 Å². The number of H-pyrrole nitrogens is 1. The maximum Gasteiger partial charge on any atom is 0.0545 e. The van der Waals surface area contributed by atoms with Gasteiger partial charge in [-0.15, -0.1) is 56.7 Å². The molecular weight excluding hydrogens is 775 g/mol. The van der Waals surface area contributed by atoms with Gasteiger partial charge in [0, 0.05) is 87.6 Å². The van der Waals surface area contributed by atoms with Crippen LogP contribution in [-0.4, -0.2) is 4.98 Å². The minimum Gasteiger partial charge on any atom is -0.354 e. The summed E-state index contributed by atoms with van der Waals surface area (Å²) in [6, 6.07) is 55.0. The fourth-order valence-electron chi connectivity index (χ4n) is 9.14. The smallest absolute Gasteiger partial charge is 0.0545 e. The van der Waals surface area contributed by atoms with Crippen molar-refractivity contribution < 1.29 is 0 Å². The number of benzene rings is 8. The average molecular weight is 800 g/mol. The number of hydrogen-bond acceptors (Lipinski definition) is 5. The average Bonchev–Trinajstić information content (AvgIpc) is 4.08. The van der Waals surface area contributed by atoms with Crippen LogP contribution in [-0.2, 0) is 0 Å². The zero-order valence-electron chi connectivity index (χ0n) is 29.4. The van der Waals surface area contributed by atoms with Crippen molar-refractivity contribution in [3.8, 4) is 22.3 Å². The number of rotatable bonds is 2. The molecular formula is C50H25NS5. The Morgan fingerprint density at radius 1 is 0.268 bits per heavy atom. The molecule has 0 amide bonds. The fraction of sp³-hybridized carbons (Fsp3) is 0. The Labute approximate surface area is 338 Å².